The molecule has 6 heteroatoms. The van der Waals surface area contributed by atoms with Crippen molar-refractivity contribution < 1.29 is 4.79 Å². The molecule has 1 aromatic carbocycles. The number of aromatic nitrogens is 3. The molecule has 2 heterocycles. The molecule has 0 aliphatic carbocycles. The summed E-state index contributed by atoms with van der Waals surface area (Å²) < 4.78 is 1.86. The van der Waals surface area contributed by atoms with Gasteiger partial charge in [-0.1, -0.05) is 6.42 Å². The van der Waals surface area contributed by atoms with E-state index < -0.39 is 0 Å². The zero-order chi connectivity index (χ0) is 14.7. The number of anilines is 1. The number of amides is 1. The number of carbonyl (C=O) groups excluding carboxylic acids is 1. The minimum Gasteiger partial charge on any atom is -0.325 e. The highest BCUT2D eigenvalue weighted by molar-refractivity contribution is 5.95. The molecule has 0 radical (unpaired) electrons. The van der Waals surface area contributed by atoms with Crippen molar-refractivity contribution in [3.63, 3.8) is 0 Å². The fourth-order valence-corrected chi connectivity index (χ4v) is 2.55. The van der Waals surface area contributed by atoms with Gasteiger partial charge >= 0.3 is 0 Å². The molecule has 6 nitrogen and oxygen atoms in total. The van der Waals surface area contributed by atoms with E-state index in [9.17, 15) is 4.79 Å². The van der Waals surface area contributed by atoms with Gasteiger partial charge in [-0.25, -0.2) is 0 Å². The van der Waals surface area contributed by atoms with E-state index in [1.807, 2.05) is 35.9 Å². The Balaban J connectivity index is 1.67. The SMILES string of the molecule is Cn1cnnc1-c1ccc(NC(=O)[C@@H]2CCCCN2)cc1. The lowest BCUT2D eigenvalue weighted by atomic mass is 10.0. The zero-order valence-electron chi connectivity index (χ0n) is 12.0. The number of hydrogen-bond acceptors (Lipinski definition) is 4. The second-order valence-corrected chi connectivity index (χ2v) is 5.33. The Morgan fingerprint density at radius 3 is 2.76 bits per heavy atom. The highest BCUT2D eigenvalue weighted by Crippen LogP contribution is 2.19. The van der Waals surface area contributed by atoms with Crippen LogP contribution in [0.25, 0.3) is 11.4 Å². The van der Waals surface area contributed by atoms with Gasteiger partial charge in [-0.05, 0) is 43.7 Å². The molecule has 1 saturated heterocycles. The van der Waals surface area contributed by atoms with Gasteiger partial charge in [0.25, 0.3) is 0 Å². The van der Waals surface area contributed by atoms with Gasteiger partial charge in [0.1, 0.15) is 6.33 Å². The molecule has 1 aromatic heterocycles. The van der Waals surface area contributed by atoms with Crippen LogP contribution in [0, 0.1) is 0 Å². The van der Waals surface area contributed by atoms with Gasteiger partial charge in [0.2, 0.25) is 5.91 Å². The molecule has 21 heavy (non-hydrogen) atoms. The first kappa shape index (κ1) is 13.8. The first-order valence-electron chi connectivity index (χ1n) is 7.23. The number of benzene rings is 1. The van der Waals surface area contributed by atoms with Crippen LogP contribution in [0.5, 0.6) is 0 Å². The van der Waals surface area contributed by atoms with Gasteiger partial charge in [-0.15, -0.1) is 10.2 Å². The summed E-state index contributed by atoms with van der Waals surface area (Å²) in [5.74, 6) is 0.850. The number of nitrogens with zero attached hydrogens (tertiary/aromatic N) is 3. The molecule has 1 aliphatic rings. The van der Waals surface area contributed by atoms with Gasteiger partial charge in [0.05, 0.1) is 6.04 Å². The Bertz CT molecular complexity index is 613. The first-order valence-corrected chi connectivity index (χ1v) is 7.23. The van der Waals surface area contributed by atoms with Crippen molar-refractivity contribution >= 4 is 11.6 Å². The molecular weight excluding hydrogens is 266 g/mol. The molecule has 0 spiro atoms. The Kier molecular flexibility index (Phi) is 3.96. The van der Waals surface area contributed by atoms with Crippen LogP contribution in [0.15, 0.2) is 30.6 Å². The van der Waals surface area contributed by atoms with Crippen LogP contribution < -0.4 is 10.6 Å². The molecule has 1 aliphatic heterocycles. The van der Waals surface area contributed by atoms with E-state index >= 15 is 0 Å². The smallest absolute Gasteiger partial charge is 0.241 e. The second kappa shape index (κ2) is 6.05. The van der Waals surface area contributed by atoms with E-state index in [0.717, 1.165) is 42.9 Å². The number of piperidine rings is 1. The number of rotatable bonds is 3. The topological polar surface area (TPSA) is 71.8 Å². The van der Waals surface area contributed by atoms with Crippen molar-refractivity contribution in [2.75, 3.05) is 11.9 Å². The summed E-state index contributed by atoms with van der Waals surface area (Å²) in [6, 6.07) is 7.59. The van der Waals surface area contributed by atoms with Crippen molar-refractivity contribution in [2.45, 2.75) is 25.3 Å². The van der Waals surface area contributed by atoms with E-state index in [1.54, 1.807) is 6.33 Å². The summed E-state index contributed by atoms with van der Waals surface area (Å²) in [6.07, 6.45) is 4.83. The summed E-state index contributed by atoms with van der Waals surface area (Å²) in [4.78, 5) is 12.1. The monoisotopic (exact) mass is 285 g/mol. The van der Waals surface area contributed by atoms with E-state index in [2.05, 4.69) is 20.8 Å². The van der Waals surface area contributed by atoms with Gasteiger partial charge in [-0.3, -0.25) is 4.79 Å². The van der Waals surface area contributed by atoms with Gasteiger partial charge in [0.15, 0.2) is 5.82 Å². The predicted molar refractivity (Wildman–Crippen MR) is 80.7 cm³/mol. The lowest BCUT2D eigenvalue weighted by molar-refractivity contribution is -0.118. The van der Waals surface area contributed by atoms with Crippen LogP contribution in [-0.4, -0.2) is 33.3 Å². The largest absolute Gasteiger partial charge is 0.325 e. The fourth-order valence-electron chi connectivity index (χ4n) is 2.55. The zero-order valence-corrected chi connectivity index (χ0v) is 12.0. The van der Waals surface area contributed by atoms with Crippen molar-refractivity contribution in [1.29, 1.82) is 0 Å². The normalized spacial score (nSPS) is 18.4. The van der Waals surface area contributed by atoms with Crippen molar-refractivity contribution in [1.82, 2.24) is 20.1 Å². The van der Waals surface area contributed by atoms with E-state index in [1.165, 1.54) is 0 Å². The summed E-state index contributed by atoms with van der Waals surface area (Å²) in [5, 5.41) is 14.1. The predicted octanol–water partition coefficient (Wildman–Crippen LogP) is 1.56. The maximum Gasteiger partial charge on any atom is 0.241 e. The molecule has 0 bridgehead atoms. The van der Waals surface area contributed by atoms with Crippen molar-refractivity contribution in [2.24, 2.45) is 7.05 Å². The van der Waals surface area contributed by atoms with Crippen LogP contribution >= 0.6 is 0 Å². The average Bonchev–Trinajstić information content (AvgIpc) is 2.95. The van der Waals surface area contributed by atoms with Crippen molar-refractivity contribution in [3.8, 4) is 11.4 Å². The summed E-state index contributed by atoms with van der Waals surface area (Å²) in [6.45, 7) is 0.920. The lowest BCUT2D eigenvalue weighted by Gasteiger charge is -2.22. The molecule has 0 unspecified atom stereocenters. The minimum absolute atomic E-state index is 0.0427. The summed E-state index contributed by atoms with van der Waals surface area (Å²) in [5.41, 5.74) is 1.78. The van der Waals surface area contributed by atoms with Crippen LogP contribution in [-0.2, 0) is 11.8 Å². The standard InChI is InChI=1S/C15H19N5O/c1-20-10-17-19-14(20)11-5-7-12(8-6-11)18-15(21)13-4-2-3-9-16-13/h5-8,10,13,16H,2-4,9H2,1H3,(H,18,21)/t13-/m0/s1. The number of hydrogen-bond donors (Lipinski definition) is 2. The fraction of sp³-hybridized carbons (Fsp3) is 0.400. The summed E-state index contributed by atoms with van der Waals surface area (Å²) >= 11 is 0. The average molecular weight is 285 g/mol. The number of aryl methyl sites for hydroxylation is 1. The molecule has 1 fully saturated rings. The van der Waals surface area contributed by atoms with Crippen LogP contribution in [0.1, 0.15) is 19.3 Å². The van der Waals surface area contributed by atoms with Crippen molar-refractivity contribution in [3.05, 3.63) is 30.6 Å². The molecule has 3 rings (SSSR count). The van der Waals surface area contributed by atoms with Gasteiger partial charge in [0, 0.05) is 18.3 Å². The molecule has 2 N–H and O–H groups in total. The van der Waals surface area contributed by atoms with E-state index in [0.29, 0.717) is 0 Å². The first-order chi connectivity index (χ1) is 10.2. The molecular formula is C15H19N5O. The highest BCUT2D eigenvalue weighted by atomic mass is 16.2. The molecule has 2 aromatic rings. The number of nitrogens with one attached hydrogen (secondary N) is 2. The maximum atomic E-state index is 12.1. The third kappa shape index (κ3) is 3.11. The summed E-state index contributed by atoms with van der Waals surface area (Å²) in [7, 11) is 1.90. The van der Waals surface area contributed by atoms with Crippen LogP contribution in [0.4, 0.5) is 5.69 Å². The Hall–Kier alpha value is -2.21. The molecule has 1 atom stereocenters. The van der Waals surface area contributed by atoms with E-state index in [4.69, 9.17) is 0 Å². The minimum atomic E-state index is -0.0721. The second-order valence-electron chi connectivity index (χ2n) is 5.33. The Labute approximate surface area is 123 Å². The molecule has 1 amide bonds. The highest BCUT2D eigenvalue weighted by Gasteiger charge is 2.20. The lowest BCUT2D eigenvalue weighted by Crippen LogP contribution is -2.43. The quantitative estimate of drug-likeness (QED) is 0.898. The van der Waals surface area contributed by atoms with Gasteiger partial charge in [-0.2, -0.15) is 0 Å². The Morgan fingerprint density at radius 1 is 1.33 bits per heavy atom. The third-order valence-electron chi connectivity index (χ3n) is 3.75. The van der Waals surface area contributed by atoms with Crippen LogP contribution in [0.2, 0.25) is 0 Å². The van der Waals surface area contributed by atoms with Gasteiger partial charge < -0.3 is 15.2 Å². The van der Waals surface area contributed by atoms with Crippen LogP contribution in [0.3, 0.4) is 0 Å². The third-order valence-corrected chi connectivity index (χ3v) is 3.75. The number of carbonyl (C=O) groups is 1. The molecule has 0 saturated carbocycles. The molecule has 110 valence electrons. The van der Waals surface area contributed by atoms with E-state index in [-0.39, 0.29) is 11.9 Å². The Morgan fingerprint density at radius 2 is 2.14 bits per heavy atom. The maximum absolute atomic E-state index is 12.1.